The van der Waals surface area contributed by atoms with Crippen molar-refractivity contribution in [2.75, 3.05) is 17.8 Å². The molecule has 3 rings (SSSR count). The van der Waals surface area contributed by atoms with Gasteiger partial charge in [0.1, 0.15) is 5.37 Å². The number of halogens is 2. The predicted molar refractivity (Wildman–Crippen MR) is 111 cm³/mol. The monoisotopic (exact) mass is 455 g/mol. The van der Waals surface area contributed by atoms with E-state index in [9.17, 15) is 4.79 Å². The zero-order valence-corrected chi connectivity index (χ0v) is 17.8. The van der Waals surface area contributed by atoms with E-state index in [-0.39, 0.29) is 17.4 Å². The molecule has 0 unspecified atom stereocenters. The molecule has 0 saturated carbocycles. The van der Waals surface area contributed by atoms with Crippen molar-refractivity contribution in [1.82, 2.24) is 0 Å². The van der Waals surface area contributed by atoms with Crippen molar-refractivity contribution in [3.05, 3.63) is 51.5 Å². The minimum Gasteiger partial charge on any atom is -0.493 e. The molecule has 1 amide bonds. The van der Waals surface area contributed by atoms with Crippen LogP contribution >= 0.6 is 39.3 Å². The van der Waals surface area contributed by atoms with Gasteiger partial charge in [0.05, 0.1) is 23.4 Å². The van der Waals surface area contributed by atoms with Gasteiger partial charge in [-0.3, -0.25) is 9.69 Å². The molecule has 2 aromatic rings. The fraction of sp³-hybridized carbons (Fsp3) is 0.316. The van der Waals surface area contributed by atoms with Crippen LogP contribution in [0, 0.1) is 0 Å². The Morgan fingerprint density at radius 3 is 2.58 bits per heavy atom. The average Bonchev–Trinajstić information content (AvgIpc) is 2.98. The van der Waals surface area contributed by atoms with E-state index in [1.54, 1.807) is 35.9 Å². The average molecular weight is 457 g/mol. The normalized spacial score (nSPS) is 17.1. The first-order valence-electron chi connectivity index (χ1n) is 8.14. The molecule has 7 heteroatoms. The van der Waals surface area contributed by atoms with Gasteiger partial charge in [0.2, 0.25) is 5.91 Å². The van der Waals surface area contributed by atoms with Crippen LogP contribution in [0.2, 0.25) is 5.02 Å². The Morgan fingerprint density at radius 2 is 1.96 bits per heavy atom. The number of anilines is 1. The number of hydrogen-bond donors (Lipinski definition) is 0. The lowest BCUT2D eigenvalue weighted by Gasteiger charge is -2.26. The van der Waals surface area contributed by atoms with Crippen LogP contribution in [0.4, 0.5) is 5.69 Å². The Balaban J connectivity index is 2.00. The lowest BCUT2D eigenvalue weighted by atomic mass is 10.1. The zero-order chi connectivity index (χ0) is 18.8. The van der Waals surface area contributed by atoms with Gasteiger partial charge < -0.3 is 9.47 Å². The smallest absolute Gasteiger partial charge is 0.238 e. The minimum absolute atomic E-state index is 0.0269. The molecule has 1 heterocycles. The third-order valence-electron chi connectivity index (χ3n) is 3.86. The summed E-state index contributed by atoms with van der Waals surface area (Å²) in [6.45, 7) is 3.93. The van der Waals surface area contributed by atoms with E-state index in [0.717, 1.165) is 15.7 Å². The van der Waals surface area contributed by atoms with Crippen molar-refractivity contribution in [3.8, 4) is 11.5 Å². The van der Waals surface area contributed by atoms with Crippen molar-refractivity contribution >= 4 is 50.9 Å². The molecule has 0 spiro atoms. The van der Waals surface area contributed by atoms with Gasteiger partial charge in [-0.25, -0.2) is 0 Å². The lowest BCUT2D eigenvalue weighted by Crippen LogP contribution is -2.27. The molecule has 4 nitrogen and oxygen atoms in total. The Morgan fingerprint density at radius 1 is 1.27 bits per heavy atom. The number of rotatable bonds is 5. The SMILES string of the molecule is COc1cc([C@@H]2SCC(=O)N2c2ccc(Cl)cc2)cc(Br)c1OC(C)C. The quantitative estimate of drug-likeness (QED) is 0.580. The highest BCUT2D eigenvalue weighted by molar-refractivity contribution is 9.10. The molecule has 1 atom stereocenters. The topological polar surface area (TPSA) is 38.8 Å². The van der Waals surface area contributed by atoms with Crippen LogP contribution in [0.25, 0.3) is 0 Å². The maximum atomic E-state index is 12.5. The summed E-state index contributed by atoms with van der Waals surface area (Å²) in [6, 6.07) is 11.2. The van der Waals surface area contributed by atoms with Gasteiger partial charge in [0.25, 0.3) is 0 Å². The number of methoxy groups -OCH3 is 1. The molecule has 1 fully saturated rings. The van der Waals surface area contributed by atoms with Crippen molar-refractivity contribution in [2.45, 2.75) is 25.3 Å². The van der Waals surface area contributed by atoms with Gasteiger partial charge in [0.15, 0.2) is 11.5 Å². The molecule has 0 radical (unpaired) electrons. The summed E-state index contributed by atoms with van der Waals surface area (Å²) in [5.74, 6) is 1.80. The summed E-state index contributed by atoms with van der Waals surface area (Å²) in [5, 5.41) is 0.506. The number of ether oxygens (including phenoxy) is 2. The maximum absolute atomic E-state index is 12.5. The highest BCUT2D eigenvalue weighted by Gasteiger charge is 2.35. The molecule has 1 saturated heterocycles. The van der Waals surface area contributed by atoms with Crippen LogP contribution in [-0.4, -0.2) is 24.9 Å². The summed E-state index contributed by atoms with van der Waals surface area (Å²) in [4.78, 5) is 14.3. The Kier molecular flexibility index (Phi) is 6.05. The number of carbonyl (C=O) groups excluding carboxylic acids is 1. The Bertz CT molecular complexity index is 813. The first-order chi connectivity index (χ1) is 12.4. The Hall–Kier alpha value is -1.37. The predicted octanol–water partition coefficient (Wildman–Crippen LogP) is 5.68. The van der Waals surface area contributed by atoms with Gasteiger partial charge >= 0.3 is 0 Å². The van der Waals surface area contributed by atoms with Crippen LogP contribution in [0.3, 0.4) is 0 Å². The van der Waals surface area contributed by atoms with Gasteiger partial charge in [-0.15, -0.1) is 11.8 Å². The number of benzene rings is 2. The summed E-state index contributed by atoms with van der Waals surface area (Å²) in [6.07, 6.45) is 0.0269. The first kappa shape index (κ1) is 19.4. The number of carbonyl (C=O) groups is 1. The molecule has 26 heavy (non-hydrogen) atoms. The summed E-state index contributed by atoms with van der Waals surface area (Å²) in [7, 11) is 1.61. The van der Waals surface area contributed by atoms with Crippen molar-refractivity contribution in [3.63, 3.8) is 0 Å². The number of nitrogens with zero attached hydrogens (tertiary/aromatic N) is 1. The maximum Gasteiger partial charge on any atom is 0.238 e. The molecule has 1 aliphatic heterocycles. The van der Waals surface area contributed by atoms with E-state index in [0.29, 0.717) is 22.3 Å². The molecule has 0 bridgehead atoms. The van der Waals surface area contributed by atoms with E-state index in [1.165, 1.54) is 0 Å². The molecule has 138 valence electrons. The van der Waals surface area contributed by atoms with Gasteiger partial charge in [-0.1, -0.05) is 11.6 Å². The molecule has 2 aromatic carbocycles. The molecular formula is C19H19BrClNO3S. The summed E-state index contributed by atoms with van der Waals surface area (Å²) >= 11 is 11.1. The van der Waals surface area contributed by atoms with Crippen molar-refractivity contribution < 1.29 is 14.3 Å². The molecular weight excluding hydrogens is 438 g/mol. The fourth-order valence-corrected chi connectivity index (χ4v) is 4.62. The fourth-order valence-electron chi connectivity index (χ4n) is 2.78. The third-order valence-corrected chi connectivity index (χ3v) is 5.92. The van der Waals surface area contributed by atoms with Gasteiger partial charge in [0, 0.05) is 10.7 Å². The Labute approximate surface area is 170 Å². The zero-order valence-electron chi connectivity index (χ0n) is 14.7. The second kappa shape index (κ2) is 8.11. The van der Waals surface area contributed by atoms with Crippen LogP contribution in [0.5, 0.6) is 11.5 Å². The second-order valence-electron chi connectivity index (χ2n) is 6.10. The van der Waals surface area contributed by atoms with E-state index < -0.39 is 0 Å². The van der Waals surface area contributed by atoms with E-state index in [2.05, 4.69) is 15.9 Å². The third kappa shape index (κ3) is 3.97. The van der Waals surface area contributed by atoms with E-state index in [1.807, 2.05) is 38.1 Å². The van der Waals surface area contributed by atoms with Crippen LogP contribution in [-0.2, 0) is 4.79 Å². The molecule has 0 aromatic heterocycles. The van der Waals surface area contributed by atoms with Crippen LogP contribution in [0.1, 0.15) is 24.8 Å². The number of thioether (sulfide) groups is 1. The standard InChI is InChI=1S/C19H19BrClNO3S/c1-11(2)25-18-15(20)8-12(9-16(18)24-3)19-22(17(23)10-26-19)14-6-4-13(21)5-7-14/h4-9,11,19H,10H2,1-3H3/t19-/m0/s1. The molecule has 1 aliphatic rings. The van der Waals surface area contributed by atoms with Gasteiger partial charge in [-0.05, 0) is 71.7 Å². The number of hydrogen-bond acceptors (Lipinski definition) is 4. The lowest BCUT2D eigenvalue weighted by molar-refractivity contribution is -0.115. The van der Waals surface area contributed by atoms with Crippen LogP contribution in [0.15, 0.2) is 40.9 Å². The molecule has 0 aliphatic carbocycles. The first-order valence-corrected chi connectivity index (χ1v) is 10.4. The highest BCUT2D eigenvalue weighted by Crippen LogP contribution is 2.46. The second-order valence-corrected chi connectivity index (χ2v) is 8.46. The largest absolute Gasteiger partial charge is 0.493 e. The summed E-state index contributed by atoms with van der Waals surface area (Å²) < 4.78 is 12.2. The van der Waals surface area contributed by atoms with E-state index in [4.69, 9.17) is 21.1 Å². The minimum atomic E-state index is -0.137. The van der Waals surface area contributed by atoms with E-state index >= 15 is 0 Å². The van der Waals surface area contributed by atoms with Crippen molar-refractivity contribution in [2.24, 2.45) is 0 Å². The van der Waals surface area contributed by atoms with Gasteiger partial charge in [-0.2, -0.15) is 0 Å². The summed E-state index contributed by atoms with van der Waals surface area (Å²) in [5.41, 5.74) is 1.79. The highest BCUT2D eigenvalue weighted by atomic mass is 79.9. The number of amides is 1. The molecule has 0 N–H and O–H groups in total. The van der Waals surface area contributed by atoms with Crippen molar-refractivity contribution in [1.29, 1.82) is 0 Å². The van der Waals surface area contributed by atoms with Crippen LogP contribution < -0.4 is 14.4 Å².